The molecule has 12 heteroatoms. The van der Waals surface area contributed by atoms with Crippen LogP contribution in [0.4, 0.5) is 15.0 Å². The van der Waals surface area contributed by atoms with Crippen LogP contribution in [0.5, 0.6) is 5.88 Å². The number of hydrogen-bond acceptors (Lipinski definition) is 9. The number of hydrogen-bond donors (Lipinski definition) is 1. The molecule has 2 saturated heterocycles. The zero-order chi connectivity index (χ0) is 27.0. The molecule has 3 aliphatic heterocycles. The minimum Gasteiger partial charge on any atom is -0.472 e. The number of carbonyl (C=O) groups excluding carboxylic acids is 2. The maximum Gasteiger partial charge on any atom is 0.411 e. The second-order valence-corrected chi connectivity index (χ2v) is 11.3. The van der Waals surface area contributed by atoms with Crippen LogP contribution in [0.3, 0.4) is 0 Å². The Morgan fingerprint density at radius 3 is 2.62 bits per heavy atom. The van der Waals surface area contributed by atoms with E-state index in [1.54, 1.807) is 32.6 Å². The Morgan fingerprint density at radius 2 is 2.00 bits per heavy atom. The number of esters is 1. The van der Waals surface area contributed by atoms with Gasteiger partial charge in [0, 0.05) is 11.9 Å². The first kappa shape index (κ1) is 25.7. The standard InChI is InChI=1S/C25H30ClFN4O6/c1-11-14-15-20(28-17(11)22(33)35-6)30-9-25(10-32)8-7-13(31(25)23(34)37-24(3,4)5)18(30)12(2)36-21(15)29-19(26)16(14)27/h12-13,18,32H,7-10H2,1-6H3/t12-,13-,18+,25+/m0/s1. The fourth-order valence-corrected chi connectivity index (χ4v) is 6.20. The van der Waals surface area contributed by atoms with E-state index in [9.17, 15) is 14.7 Å². The molecule has 4 atom stereocenters. The molecule has 2 bridgehead atoms. The SMILES string of the molecule is COC(=O)c1nc2c3c(nc(Cl)c(F)c3c1C)O[C@@H](C)[C@@H]1[C@@H]3CC[C@](CO)(CN21)N3C(=O)OC(C)(C)C. The number of pyridine rings is 2. The molecule has 5 rings (SSSR count). The highest BCUT2D eigenvalue weighted by Crippen LogP contribution is 2.50. The number of fused-ring (bicyclic) bond motifs is 5. The number of ether oxygens (including phenoxy) is 3. The topological polar surface area (TPSA) is 114 Å². The molecule has 1 N–H and O–H groups in total. The molecule has 5 heterocycles. The van der Waals surface area contributed by atoms with E-state index >= 15 is 4.39 Å². The van der Waals surface area contributed by atoms with E-state index in [1.807, 2.05) is 11.8 Å². The normalized spacial score (nSPS) is 26.5. The molecule has 2 fully saturated rings. The van der Waals surface area contributed by atoms with Gasteiger partial charge in [0.15, 0.2) is 16.7 Å². The predicted octanol–water partition coefficient (Wildman–Crippen LogP) is 3.62. The van der Waals surface area contributed by atoms with E-state index < -0.39 is 52.4 Å². The first-order valence-electron chi connectivity index (χ1n) is 12.2. The van der Waals surface area contributed by atoms with Gasteiger partial charge in [-0.3, -0.25) is 4.90 Å². The van der Waals surface area contributed by atoms with Crippen molar-refractivity contribution in [3.63, 3.8) is 0 Å². The van der Waals surface area contributed by atoms with Crippen molar-refractivity contribution in [1.29, 1.82) is 0 Å². The molecule has 2 aromatic heterocycles. The number of aryl methyl sites for hydroxylation is 1. The minimum atomic E-state index is -0.976. The molecule has 0 radical (unpaired) electrons. The summed E-state index contributed by atoms with van der Waals surface area (Å²) in [5.74, 6) is -1.18. The number of aromatic nitrogens is 2. The predicted molar refractivity (Wildman–Crippen MR) is 133 cm³/mol. The number of anilines is 1. The Morgan fingerprint density at radius 1 is 1.30 bits per heavy atom. The van der Waals surface area contributed by atoms with Crippen LogP contribution in [-0.4, -0.2) is 81.6 Å². The lowest BCUT2D eigenvalue weighted by Crippen LogP contribution is -2.71. The van der Waals surface area contributed by atoms with Gasteiger partial charge >= 0.3 is 12.1 Å². The lowest BCUT2D eigenvalue weighted by atomic mass is 9.92. The Hall–Kier alpha value is -2.92. The number of rotatable bonds is 2. The van der Waals surface area contributed by atoms with Crippen molar-refractivity contribution in [2.75, 3.05) is 25.2 Å². The number of amides is 1. The zero-order valence-electron chi connectivity index (χ0n) is 21.6. The van der Waals surface area contributed by atoms with E-state index in [0.717, 1.165) is 0 Å². The van der Waals surface area contributed by atoms with Crippen LogP contribution in [0.25, 0.3) is 10.8 Å². The third-order valence-corrected chi connectivity index (χ3v) is 7.77. The first-order chi connectivity index (χ1) is 17.3. The van der Waals surface area contributed by atoms with Crippen molar-refractivity contribution in [3.8, 4) is 5.88 Å². The number of nitrogens with zero attached hydrogens (tertiary/aromatic N) is 4. The van der Waals surface area contributed by atoms with Crippen LogP contribution in [0.2, 0.25) is 5.15 Å². The average Bonchev–Trinajstić information content (AvgIpc) is 3.04. The monoisotopic (exact) mass is 536 g/mol. The molecule has 0 aromatic carbocycles. The summed E-state index contributed by atoms with van der Waals surface area (Å²) in [5, 5.41) is 10.6. The molecular formula is C25H30ClFN4O6. The summed E-state index contributed by atoms with van der Waals surface area (Å²) in [7, 11) is 1.22. The average molecular weight is 537 g/mol. The highest BCUT2D eigenvalue weighted by molar-refractivity contribution is 6.30. The smallest absolute Gasteiger partial charge is 0.411 e. The van der Waals surface area contributed by atoms with E-state index in [1.165, 1.54) is 7.11 Å². The second kappa shape index (κ2) is 8.56. The fraction of sp³-hybridized carbons (Fsp3) is 0.600. The maximum atomic E-state index is 15.5. The zero-order valence-corrected chi connectivity index (χ0v) is 22.3. The summed E-state index contributed by atoms with van der Waals surface area (Å²) >= 11 is 6.15. The largest absolute Gasteiger partial charge is 0.472 e. The second-order valence-electron chi connectivity index (χ2n) is 11.0. The van der Waals surface area contributed by atoms with Gasteiger partial charge in [-0.2, -0.15) is 4.98 Å². The number of carbonyl (C=O) groups is 2. The van der Waals surface area contributed by atoms with Crippen molar-refractivity contribution >= 4 is 40.3 Å². The Bertz CT molecular complexity index is 1320. The van der Waals surface area contributed by atoms with Crippen LogP contribution < -0.4 is 9.64 Å². The fourth-order valence-electron chi connectivity index (χ4n) is 6.03. The Labute approximate surface area is 218 Å². The third kappa shape index (κ3) is 3.77. The lowest BCUT2D eigenvalue weighted by Gasteiger charge is -2.53. The van der Waals surface area contributed by atoms with Crippen LogP contribution in [0.1, 0.15) is 56.6 Å². The lowest BCUT2D eigenvalue weighted by molar-refractivity contribution is -0.0343. The molecule has 200 valence electrons. The number of piperazine rings is 1. The van der Waals surface area contributed by atoms with Crippen molar-refractivity contribution in [3.05, 3.63) is 22.2 Å². The van der Waals surface area contributed by atoms with Crippen molar-refractivity contribution in [1.82, 2.24) is 14.9 Å². The number of methoxy groups -OCH3 is 1. The third-order valence-electron chi connectivity index (χ3n) is 7.52. The number of aliphatic hydroxyl groups excluding tert-OH is 1. The minimum absolute atomic E-state index is 0.0632. The van der Waals surface area contributed by atoms with Gasteiger partial charge in [-0.15, -0.1) is 0 Å². The summed E-state index contributed by atoms with van der Waals surface area (Å²) in [5.41, 5.74) is -1.53. The van der Waals surface area contributed by atoms with Gasteiger partial charge in [-0.25, -0.2) is 19.0 Å². The quantitative estimate of drug-likeness (QED) is 0.454. The van der Waals surface area contributed by atoms with Gasteiger partial charge in [0.05, 0.1) is 36.7 Å². The highest BCUT2D eigenvalue weighted by atomic mass is 35.5. The Kier molecular flexibility index (Phi) is 5.95. The van der Waals surface area contributed by atoms with E-state index in [-0.39, 0.29) is 46.9 Å². The van der Waals surface area contributed by atoms with Gasteiger partial charge < -0.3 is 24.2 Å². The molecule has 0 unspecified atom stereocenters. The van der Waals surface area contributed by atoms with Gasteiger partial charge in [0.1, 0.15) is 17.5 Å². The number of halogens is 2. The van der Waals surface area contributed by atoms with Crippen molar-refractivity contribution < 1.29 is 33.3 Å². The highest BCUT2D eigenvalue weighted by Gasteiger charge is 2.60. The summed E-state index contributed by atoms with van der Waals surface area (Å²) in [4.78, 5) is 38.4. The molecule has 37 heavy (non-hydrogen) atoms. The van der Waals surface area contributed by atoms with Gasteiger partial charge in [0.2, 0.25) is 5.88 Å². The summed E-state index contributed by atoms with van der Waals surface area (Å²) < 4.78 is 32.4. The summed E-state index contributed by atoms with van der Waals surface area (Å²) in [6, 6.07) is -0.880. The van der Waals surface area contributed by atoms with Crippen LogP contribution in [0.15, 0.2) is 0 Å². The molecule has 1 amide bonds. The maximum absolute atomic E-state index is 15.5. The van der Waals surface area contributed by atoms with Crippen molar-refractivity contribution in [2.24, 2.45) is 0 Å². The molecular weight excluding hydrogens is 507 g/mol. The molecule has 0 saturated carbocycles. The molecule has 0 aliphatic carbocycles. The van der Waals surface area contributed by atoms with Crippen LogP contribution >= 0.6 is 11.6 Å². The van der Waals surface area contributed by atoms with E-state index in [4.69, 9.17) is 25.8 Å². The van der Waals surface area contributed by atoms with Crippen molar-refractivity contribution in [2.45, 2.75) is 76.8 Å². The molecule has 0 spiro atoms. The van der Waals surface area contributed by atoms with Crippen LogP contribution in [-0.2, 0) is 9.47 Å². The number of aliphatic hydroxyl groups is 1. The van der Waals surface area contributed by atoms with Gasteiger partial charge in [-0.1, -0.05) is 11.6 Å². The molecule has 2 aromatic rings. The summed E-state index contributed by atoms with van der Waals surface area (Å²) in [6.07, 6.45) is 0.0265. The molecule has 3 aliphatic rings. The van der Waals surface area contributed by atoms with Gasteiger partial charge in [0.25, 0.3) is 0 Å². The van der Waals surface area contributed by atoms with Crippen LogP contribution in [0, 0.1) is 12.7 Å². The summed E-state index contributed by atoms with van der Waals surface area (Å²) in [6.45, 7) is 8.59. The molecule has 10 nitrogen and oxygen atoms in total. The Balaban J connectivity index is 1.75. The van der Waals surface area contributed by atoms with E-state index in [0.29, 0.717) is 12.8 Å². The van der Waals surface area contributed by atoms with Gasteiger partial charge in [-0.05, 0) is 53.0 Å². The van der Waals surface area contributed by atoms with E-state index in [2.05, 4.69) is 9.97 Å². The first-order valence-corrected chi connectivity index (χ1v) is 12.6.